The highest BCUT2D eigenvalue weighted by molar-refractivity contribution is 5.88. The molecule has 1 unspecified atom stereocenters. The highest BCUT2D eigenvalue weighted by Crippen LogP contribution is 2.26. The van der Waals surface area contributed by atoms with Gasteiger partial charge in [-0.2, -0.15) is 0 Å². The van der Waals surface area contributed by atoms with Crippen molar-refractivity contribution in [1.29, 1.82) is 0 Å². The first kappa shape index (κ1) is 22.6. The molecule has 0 amide bonds. The second kappa shape index (κ2) is 9.11. The monoisotopic (exact) mass is 458 g/mol. The summed E-state index contributed by atoms with van der Waals surface area (Å²) in [6.45, 7) is 2.44. The number of fused-ring (bicyclic) bond motifs is 1. The first-order chi connectivity index (χ1) is 15.7. The number of carboxylic acids is 1. The zero-order valence-electron chi connectivity index (χ0n) is 17.7. The third-order valence-electron chi connectivity index (χ3n) is 5.19. The number of allylic oxidation sites excluding steroid dienone is 2. The largest absolute Gasteiger partial charge is 0.523 e. The molecule has 0 radical (unpaired) electrons. The lowest BCUT2D eigenvalue weighted by molar-refractivity contribution is -0.336. The summed E-state index contributed by atoms with van der Waals surface area (Å²) in [6, 6.07) is 12.0. The highest BCUT2D eigenvalue weighted by atomic mass is 19.4. The Labute approximate surface area is 187 Å². The zero-order chi connectivity index (χ0) is 23.6. The Bertz CT molecular complexity index is 1240. The predicted octanol–water partition coefficient (Wildman–Crippen LogP) is 5.41. The molecule has 0 saturated carbocycles. The van der Waals surface area contributed by atoms with Crippen molar-refractivity contribution in [1.82, 2.24) is 9.55 Å². The second-order valence-electron chi connectivity index (χ2n) is 7.70. The van der Waals surface area contributed by atoms with E-state index in [9.17, 15) is 18.0 Å². The molecular weight excluding hydrogens is 437 g/mol. The Balaban J connectivity index is 1.56. The Hall–Kier alpha value is -3.59. The van der Waals surface area contributed by atoms with E-state index < -0.39 is 18.4 Å². The van der Waals surface area contributed by atoms with Crippen molar-refractivity contribution >= 4 is 17.0 Å². The maximum Gasteiger partial charge on any atom is 0.523 e. The molecule has 0 fully saturated rings. The number of hydrogen-bond donors (Lipinski definition) is 1. The number of hydrogen-bond acceptors (Lipinski definition) is 4. The molecule has 2 aromatic carbocycles. The number of alkyl halides is 3. The van der Waals surface area contributed by atoms with Gasteiger partial charge in [-0.05, 0) is 54.8 Å². The molecule has 1 aromatic heterocycles. The second-order valence-corrected chi connectivity index (χ2v) is 7.70. The van der Waals surface area contributed by atoms with Gasteiger partial charge >= 0.3 is 12.3 Å². The normalized spacial score (nSPS) is 16.1. The maximum absolute atomic E-state index is 12.5. The van der Waals surface area contributed by atoms with Crippen LogP contribution in [0.2, 0.25) is 0 Å². The number of aromatic nitrogens is 2. The molecule has 0 saturated heterocycles. The fourth-order valence-corrected chi connectivity index (χ4v) is 3.65. The van der Waals surface area contributed by atoms with Crippen molar-refractivity contribution in [3.8, 4) is 5.75 Å². The SMILES string of the molecule is Cc1ccc2c(c1)nc(COc1cccc(C(=O)O)c1)n2CC1=CCC(OC(F)(F)F)C=C1. The van der Waals surface area contributed by atoms with Gasteiger partial charge < -0.3 is 14.4 Å². The average Bonchev–Trinajstić information content (AvgIpc) is 3.09. The van der Waals surface area contributed by atoms with Crippen LogP contribution in [0.1, 0.15) is 28.2 Å². The fourth-order valence-electron chi connectivity index (χ4n) is 3.65. The minimum Gasteiger partial charge on any atom is -0.486 e. The highest BCUT2D eigenvalue weighted by Gasteiger charge is 2.32. The van der Waals surface area contributed by atoms with Crippen molar-refractivity contribution in [3.63, 3.8) is 0 Å². The third kappa shape index (κ3) is 5.61. The van der Waals surface area contributed by atoms with Crippen molar-refractivity contribution < 1.29 is 32.5 Å². The summed E-state index contributed by atoms with van der Waals surface area (Å²) < 4.78 is 49.2. The van der Waals surface area contributed by atoms with Crippen LogP contribution in [-0.4, -0.2) is 33.1 Å². The lowest BCUT2D eigenvalue weighted by Gasteiger charge is -2.19. The lowest BCUT2D eigenvalue weighted by atomic mass is 10.0. The van der Waals surface area contributed by atoms with Gasteiger partial charge in [0.2, 0.25) is 0 Å². The Morgan fingerprint density at radius 1 is 1.24 bits per heavy atom. The zero-order valence-corrected chi connectivity index (χ0v) is 17.7. The smallest absolute Gasteiger partial charge is 0.486 e. The summed E-state index contributed by atoms with van der Waals surface area (Å²) >= 11 is 0. The predicted molar refractivity (Wildman–Crippen MR) is 115 cm³/mol. The average molecular weight is 458 g/mol. The molecule has 3 aromatic rings. The molecule has 33 heavy (non-hydrogen) atoms. The van der Waals surface area contributed by atoms with Crippen LogP contribution < -0.4 is 4.74 Å². The molecule has 0 aliphatic heterocycles. The van der Waals surface area contributed by atoms with Gasteiger partial charge in [-0.25, -0.2) is 9.78 Å². The maximum atomic E-state index is 12.5. The van der Waals surface area contributed by atoms with E-state index in [0.717, 1.165) is 22.2 Å². The van der Waals surface area contributed by atoms with Crippen LogP contribution >= 0.6 is 0 Å². The van der Waals surface area contributed by atoms with Gasteiger partial charge in [-0.1, -0.05) is 30.4 Å². The van der Waals surface area contributed by atoms with Crippen LogP contribution in [0.15, 0.2) is 66.3 Å². The van der Waals surface area contributed by atoms with E-state index in [1.807, 2.05) is 29.7 Å². The van der Waals surface area contributed by atoms with Gasteiger partial charge in [0.15, 0.2) is 0 Å². The Kier molecular flexibility index (Phi) is 6.24. The molecule has 0 spiro atoms. The fraction of sp³-hybridized carbons (Fsp3) is 0.250. The Morgan fingerprint density at radius 2 is 2.06 bits per heavy atom. The molecule has 1 aliphatic rings. The van der Waals surface area contributed by atoms with E-state index in [-0.39, 0.29) is 18.6 Å². The van der Waals surface area contributed by atoms with Crippen molar-refractivity contribution in [2.24, 2.45) is 0 Å². The molecule has 1 atom stereocenters. The standard InChI is InChI=1S/C24H21F3N2O4/c1-15-5-10-21-20(11-15)28-22(14-32-19-4-2-3-17(12-19)23(30)31)29(21)13-16-6-8-18(9-7-16)33-24(25,26)27/h2-8,10-12,18H,9,13-14H2,1H3,(H,30,31). The molecule has 172 valence electrons. The molecule has 1 heterocycles. The number of carbonyl (C=O) groups is 1. The topological polar surface area (TPSA) is 73.6 Å². The number of aromatic carboxylic acids is 1. The van der Waals surface area contributed by atoms with Crippen LogP contribution in [0, 0.1) is 6.92 Å². The number of ether oxygens (including phenoxy) is 2. The van der Waals surface area contributed by atoms with E-state index in [0.29, 0.717) is 18.1 Å². The summed E-state index contributed by atoms with van der Waals surface area (Å²) in [4.78, 5) is 15.9. The minimum atomic E-state index is -4.68. The molecule has 0 bridgehead atoms. The van der Waals surface area contributed by atoms with Crippen LogP contribution in [0.25, 0.3) is 11.0 Å². The Morgan fingerprint density at radius 3 is 2.76 bits per heavy atom. The van der Waals surface area contributed by atoms with Crippen LogP contribution in [-0.2, 0) is 17.9 Å². The van der Waals surface area contributed by atoms with E-state index in [1.54, 1.807) is 24.3 Å². The molecule has 1 N–H and O–H groups in total. The summed E-state index contributed by atoms with van der Waals surface area (Å²) in [5.74, 6) is -0.0418. The lowest BCUT2D eigenvalue weighted by Crippen LogP contribution is -2.23. The molecule has 6 nitrogen and oxygen atoms in total. The summed E-state index contributed by atoms with van der Waals surface area (Å²) in [5, 5.41) is 9.17. The first-order valence-electron chi connectivity index (χ1n) is 10.2. The van der Waals surface area contributed by atoms with Gasteiger partial charge in [0.25, 0.3) is 0 Å². The summed E-state index contributed by atoms with van der Waals surface area (Å²) in [5.41, 5.74) is 3.61. The van der Waals surface area contributed by atoms with Gasteiger partial charge in [0.1, 0.15) is 18.2 Å². The van der Waals surface area contributed by atoms with Crippen LogP contribution in [0.4, 0.5) is 13.2 Å². The number of carboxylic acid groups (broad SMARTS) is 1. The molecule has 4 rings (SSSR count). The van der Waals surface area contributed by atoms with E-state index in [4.69, 9.17) is 9.84 Å². The van der Waals surface area contributed by atoms with Crippen LogP contribution in [0.5, 0.6) is 5.75 Å². The number of aryl methyl sites for hydroxylation is 1. The summed E-state index contributed by atoms with van der Waals surface area (Å²) in [6.07, 6.45) is -0.857. The number of imidazole rings is 1. The van der Waals surface area contributed by atoms with E-state index >= 15 is 0 Å². The quantitative estimate of drug-likeness (QED) is 0.512. The van der Waals surface area contributed by atoms with Gasteiger partial charge in [0.05, 0.1) is 22.7 Å². The van der Waals surface area contributed by atoms with Crippen LogP contribution in [0.3, 0.4) is 0 Å². The number of halogens is 3. The first-order valence-corrected chi connectivity index (χ1v) is 10.2. The number of benzene rings is 2. The number of rotatable bonds is 7. The van der Waals surface area contributed by atoms with Crippen molar-refractivity contribution in [2.45, 2.75) is 39.0 Å². The molecule has 1 aliphatic carbocycles. The van der Waals surface area contributed by atoms with Crippen molar-refractivity contribution in [3.05, 3.63) is 83.2 Å². The van der Waals surface area contributed by atoms with Gasteiger partial charge in [-0.15, -0.1) is 13.2 Å². The van der Waals surface area contributed by atoms with Gasteiger partial charge in [0, 0.05) is 6.54 Å². The van der Waals surface area contributed by atoms with Crippen molar-refractivity contribution in [2.75, 3.05) is 0 Å². The summed E-state index contributed by atoms with van der Waals surface area (Å²) in [7, 11) is 0. The van der Waals surface area contributed by atoms with E-state index in [2.05, 4.69) is 9.72 Å². The molecular formula is C24H21F3N2O4. The number of nitrogens with zero attached hydrogens (tertiary/aromatic N) is 2. The molecule has 9 heteroatoms. The minimum absolute atomic E-state index is 0.0909. The van der Waals surface area contributed by atoms with Gasteiger partial charge in [-0.3, -0.25) is 4.74 Å². The third-order valence-corrected chi connectivity index (χ3v) is 5.19. The van der Waals surface area contributed by atoms with E-state index in [1.165, 1.54) is 18.2 Å².